The molecule has 0 heterocycles. The molecule has 0 aliphatic rings. The SMILES string of the molecule is CCCCC#CCSC#N. The van der Waals surface area contributed by atoms with E-state index in [4.69, 9.17) is 5.26 Å². The van der Waals surface area contributed by atoms with Crippen LogP contribution in [0.5, 0.6) is 0 Å². The van der Waals surface area contributed by atoms with Crippen molar-refractivity contribution < 1.29 is 0 Å². The summed E-state index contributed by atoms with van der Waals surface area (Å²) >= 11 is 1.20. The standard InChI is InChI=1S/C8H11NS/c1-2-3-4-5-6-7-10-8-9/h2-4,7H2,1H3. The van der Waals surface area contributed by atoms with Crippen molar-refractivity contribution in [3.63, 3.8) is 0 Å². The highest BCUT2D eigenvalue weighted by Gasteiger charge is 1.77. The zero-order valence-corrected chi connectivity index (χ0v) is 7.00. The first-order valence-corrected chi connectivity index (χ1v) is 4.37. The van der Waals surface area contributed by atoms with E-state index < -0.39 is 0 Å². The molecule has 0 aromatic carbocycles. The maximum absolute atomic E-state index is 8.11. The molecule has 0 radical (unpaired) electrons. The molecule has 10 heavy (non-hydrogen) atoms. The lowest BCUT2D eigenvalue weighted by Gasteiger charge is -1.82. The first-order chi connectivity index (χ1) is 4.91. The number of thioether (sulfide) groups is 1. The Morgan fingerprint density at radius 1 is 1.40 bits per heavy atom. The fourth-order valence-corrected chi connectivity index (χ4v) is 0.712. The molecule has 0 N–H and O–H groups in total. The molecule has 0 saturated carbocycles. The molecule has 2 heteroatoms. The van der Waals surface area contributed by atoms with Gasteiger partial charge in [0.2, 0.25) is 0 Å². The van der Waals surface area contributed by atoms with E-state index in [1.807, 2.05) is 5.40 Å². The minimum absolute atomic E-state index is 0.653. The van der Waals surface area contributed by atoms with Gasteiger partial charge in [0, 0.05) is 6.42 Å². The molecule has 0 bridgehead atoms. The summed E-state index contributed by atoms with van der Waals surface area (Å²) < 4.78 is 0. The third kappa shape index (κ3) is 7.40. The summed E-state index contributed by atoms with van der Waals surface area (Å²) in [5.74, 6) is 6.56. The number of thiocyanates is 1. The summed E-state index contributed by atoms with van der Waals surface area (Å²) in [6.07, 6.45) is 3.34. The van der Waals surface area contributed by atoms with Crippen molar-refractivity contribution in [2.45, 2.75) is 26.2 Å². The van der Waals surface area contributed by atoms with Crippen LogP contribution in [0, 0.1) is 22.5 Å². The molecule has 0 aromatic heterocycles. The minimum atomic E-state index is 0.653. The van der Waals surface area contributed by atoms with Gasteiger partial charge in [-0.3, -0.25) is 0 Å². The summed E-state index contributed by atoms with van der Waals surface area (Å²) in [4.78, 5) is 0. The Labute approximate surface area is 66.8 Å². The molecular formula is C8H11NS. The summed E-state index contributed by atoms with van der Waals surface area (Å²) in [6, 6.07) is 0. The number of nitriles is 1. The van der Waals surface area contributed by atoms with Crippen molar-refractivity contribution in [1.82, 2.24) is 0 Å². The van der Waals surface area contributed by atoms with Gasteiger partial charge < -0.3 is 0 Å². The smallest absolute Gasteiger partial charge is 0.134 e. The van der Waals surface area contributed by atoms with Gasteiger partial charge in [0.05, 0.1) is 5.75 Å². The molecule has 0 aliphatic heterocycles. The third-order valence-corrected chi connectivity index (χ3v) is 1.41. The Kier molecular flexibility index (Phi) is 7.90. The number of hydrogen-bond acceptors (Lipinski definition) is 2. The van der Waals surface area contributed by atoms with Crippen LogP contribution in [0.2, 0.25) is 0 Å². The van der Waals surface area contributed by atoms with Crippen LogP contribution in [0.1, 0.15) is 26.2 Å². The Bertz CT molecular complexity index is 158. The van der Waals surface area contributed by atoms with Gasteiger partial charge in [-0.25, -0.2) is 0 Å². The van der Waals surface area contributed by atoms with Crippen LogP contribution in [0.15, 0.2) is 0 Å². The highest BCUT2D eigenvalue weighted by Crippen LogP contribution is 1.94. The molecule has 0 fully saturated rings. The van der Waals surface area contributed by atoms with Crippen LogP contribution in [-0.4, -0.2) is 5.75 Å². The second-order valence-electron chi connectivity index (χ2n) is 1.84. The van der Waals surface area contributed by atoms with Gasteiger partial charge in [-0.15, -0.1) is 5.92 Å². The zero-order valence-electron chi connectivity index (χ0n) is 6.18. The predicted octanol–water partition coefficient (Wildman–Crippen LogP) is 2.39. The zero-order chi connectivity index (χ0) is 7.66. The molecule has 0 saturated heterocycles. The first kappa shape index (κ1) is 9.40. The molecule has 0 amide bonds. The van der Waals surface area contributed by atoms with Gasteiger partial charge >= 0.3 is 0 Å². The van der Waals surface area contributed by atoms with Crippen molar-refractivity contribution >= 4 is 11.8 Å². The van der Waals surface area contributed by atoms with E-state index in [0.717, 1.165) is 6.42 Å². The third-order valence-electron chi connectivity index (χ3n) is 0.989. The predicted molar refractivity (Wildman–Crippen MR) is 45.4 cm³/mol. The Morgan fingerprint density at radius 2 is 2.20 bits per heavy atom. The number of hydrogen-bond donors (Lipinski definition) is 0. The van der Waals surface area contributed by atoms with Gasteiger partial charge in [-0.2, -0.15) is 5.26 Å². The fraction of sp³-hybridized carbons (Fsp3) is 0.625. The second kappa shape index (κ2) is 8.40. The van der Waals surface area contributed by atoms with Gasteiger partial charge in [-0.05, 0) is 18.2 Å². The average molecular weight is 153 g/mol. The molecule has 0 spiro atoms. The van der Waals surface area contributed by atoms with E-state index in [9.17, 15) is 0 Å². The minimum Gasteiger partial charge on any atom is -0.185 e. The highest BCUT2D eigenvalue weighted by molar-refractivity contribution is 8.03. The Morgan fingerprint density at radius 3 is 2.80 bits per heavy atom. The number of rotatable bonds is 3. The Balaban J connectivity index is 3.08. The molecule has 0 aliphatic carbocycles. The summed E-state index contributed by atoms with van der Waals surface area (Å²) in [6.45, 7) is 2.14. The average Bonchev–Trinajstić information content (AvgIpc) is 1.97. The van der Waals surface area contributed by atoms with Crippen molar-refractivity contribution in [1.29, 1.82) is 5.26 Å². The van der Waals surface area contributed by atoms with E-state index in [0.29, 0.717) is 5.75 Å². The van der Waals surface area contributed by atoms with Gasteiger partial charge in [0.15, 0.2) is 0 Å². The molecule has 54 valence electrons. The van der Waals surface area contributed by atoms with Crippen LogP contribution in [0.25, 0.3) is 0 Å². The lowest BCUT2D eigenvalue weighted by Crippen LogP contribution is -1.69. The molecule has 0 rings (SSSR count). The quantitative estimate of drug-likeness (QED) is 0.353. The van der Waals surface area contributed by atoms with Crippen LogP contribution in [0.4, 0.5) is 0 Å². The molecule has 0 atom stereocenters. The van der Waals surface area contributed by atoms with E-state index >= 15 is 0 Å². The van der Waals surface area contributed by atoms with Gasteiger partial charge in [-0.1, -0.05) is 19.3 Å². The van der Waals surface area contributed by atoms with Crippen LogP contribution in [0.3, 0.4) is 0 Å². The van der Waals surface area contributed by atoms with E-state index in [1.54, 1.807) is 0 Å². The number of unbranched alkanes of at least 4 members (excludes halogenated alkanes) is 2. The molecule has 0 aromatic rings. The second-order valence-corrected chi connectivity index (χ2v) is 2.60. The van der Waals surface area contributed by atoms with E-state index in [2.05, 4.69) is 18.8 Å². The normalized spacial score (nSPS) is 7.60. The van der Waals surface area contributed by atoms with Crippen LogP contribution >= 0.6 is 11.8 Å². The van der Waals surface area contributed by atoms with Crippen molar-refractivity contribution in [2.24, 2.45) is 0 Å². The summed E-state index contributed by atoms with van der Waals surface area (Å²) in [5.41, 5.74) is 0. The van der Waals surface area contributed by atoms with Gasteiger partial charge in [0.25, 0.3) is 0 Å². The van der Waals surface area contributed by atoms with E-state index in [-0.39, 0.29) is 0 Å². The van der Waals surface area contributed by atoms with Gasteiger partial charge in [0.1, 0.15) is 5.40 Å². The lowest BCUT2D eigenvalue weighted by atomic mass is 10.3. The van der Waals surface area contributed by atoms with Crippen molar-refractivity contribution in [2.75, 3.05) is 5.75 Å². The van der Waals surface area contributed by atoms with E-state index in [1.165, 1.54) is 24.6 Å². The number of nitrogens with zero attached hydrogens (tertiary/aromatic N) is 1. The van der Waals surface area contributed by atoms with Crippen molar-refractivity contribution in [3.8, 4) is 17.2 Å². The van der Waals surface area contributed by atoms with Crippen molar-refractivity contribution in [3.05, 3.63) is 0 Å². The molecule has 0 unspecified atom stereocenters. The lowest BCUT2D eigenvalue weighted by molar-refractivity contribution is 0.828. The fourth-order valence-electron chi connectivity index (χ4n) is 0.473. The Hall–Kier alpha value is -0.600. The first-order valence-electron chi connectivity index (χ1n) is 3.38. The summed E-state index contributed by atoms with van der Waals surface area (Å²) in [5, 5.41) is 10.1. The maximum Gasteiger partial charge on any atom is 0.134 e. The maximum atomic E-state index is 8.11. The molecular weight excluding hydrogens is 142 g/mol. The van der Waals surface area contributed by atoms with Crippen LogP contribution in [-0.2, 0) is 0 Å². The molecule has 1 nitrogen and oxygen atoms in total. The highest BCUT2D eigenvalue weighted by atomic mass is 32.2. The largest absolute Gasteiger partial charge is 0.185 e. The summed E-state index contributed by atoms with van der Waals surface area (Å²) in [7, 11) is 0. The topological polar surface area (TPSA) is 23.8 Å². The van der Waals surface area contributed by atoms with Crippen LogP contribution < -0.4 is 0 Å². The monoisotopic (exact) mass is 153 g/mol.